The lowest BCUT2D eigenvalue weighted by molar-refractivity contribution is 0.218. The zero-order chi connectivity index (χ0) is 12.8. The van der Waals surface area contributed by atoms with Crippen LogP contribution < -0.4 is 5.73 Å². The maximum Gasteiger partial charge on any atom is 0.125 e. The summed E-state index contributed by atoms with van der Waals surface area (Å²) in [5, 5.41) is 8.60. The molecule has 0 aromatic heterocycles. The number of nitrogens with zero attached hydrogens (tertiary/aromatic N) is 2. The largest absolute Gasteiger partial charge is 0.398 e. The van der Waals surface area contributed by atoms with Crippen LogP contribution in [0.3, 0.4) is 0 Å². The van der Waals surface area contributed by atoms with Crippen molar-refractivity contribution in [3.05, 3.63) is 29.6 Å². The number of hydrogen-bond donors (Lipinski definition) is 1. The number of anilines is 1. The minimum Gasteiger partial charge on any atom is -0.398 e. The third-order valence-electron chi connectivity index (χ3n) is 2.72. The monoisotopic (exact) mass is 235 g/mol. The molecule has 0 unspecified atom stereocenters. The topological polar surface area (TPSA) is 53.0 Å². The van der Waals surface area contributed by atoms with Crippen LogP contribution in [0.1, 0.15) is 25.8 Å². The average molecular weight is 235 g/mol. The Hall–Kier alpha value is -1.60. The van der Waals surface area contributed by atoms with Crippen molar-refractivity contribution < 1.29 is 4.39 Å². The molecule has 0 radical (unpaired) electrons. The van der Waals surface area contributed by atoms with Gasteiger partial charge in [-0.2, -0.15) is 5.26 Å². The summed E-state index contributed by atoms with van der Waals surface area (Å²) >= 11 is 0. The Morgan fingerprint density at radius 1 is 1.47 bits per heavy atom. The Morgan fingerprint density at radius 3 is 2.71 bits per heavy atom. The van der Waals surface area contributed by atoms with Gasteiger partial charge in [-0.3, -0.25) is 4.90 Å². The standard InChI is InChI=1S/C13H18FN3/c1-10(2)17(7-3-6-15)9-11-4-5-12(14)8-13(11)16/h4-5,8,10H,3,7,9,16H2,1-2H3. The Bertz CT molecular complexity index is 410. The van der Waals surface area contributed by atoms with Gasteiger partial charge in [0.15, 0.2) is 0 Å². The molecule has 0 aliphatic rings. The lowest BCUT2D eigenvalue weighted by atomic mass is 10.1. The summed E-state index contributed by atoms with van der Waals surface area (Å²) in [7, 11) is 0. The van der Waals surface area contributed by atoms with Crippen LogP contribution in [0.5, 0.6) is 0 Å². The molecule has 0 heterocycles. The summed E-state index contributed by atoms with van der Waals surface area (Å²) in [5.41, 5.74) is 7.13. The van der Waals surface area contributed by atoms with Crippen LogP contribution >= 0.6 is 0 Å². The second-order valence-electron chi connectivity index (χ2n) is 4.32. The van der Waals surface area contributed by atoms with Gasteiger partial charge in [-0.25, -0.2) is 4.39 Å². The summed E-state index contributed by atoms with van der Waals surface area (Å²) in [6.45, 7) is 5.48. The van der Waals surface area contributed by atoms with Gasteiger partial charge in [0.25, 0.3) is 0 Å². The van der Waals surface area contributed by atoms with Crippen LogP contribution in [0.15, 0.2) is 18.2 Å². The van der Waals surface area contributed by atoms with Gasteiger partial charge in [-0.1, -0.05) is 6.07 Å². The van der Waals surface area contributed by atoms with Gasteiger partial charge in [0.1, 0.15) is 5.82 Å². The molecule has 3 nitrogen and oxygen atoms in total. The van der Waals surface area contributed by atoms with Crippen molar-refractivity contribution >= 4 is 5.69 Å². The zero-order valence-electron chi connectivity index (χ0n) is 10.3. The first-order valence-corrected chi connectivity index (χ1v) is 5.69. The molecule has 0 bridgehead atoms. The molecule has 4 heteroatoms. The highest BCUT2D eigenvalue weighted by Gasteiger charge is 2.11. The van der Waals surface area contributed by atoms with E-state index in [1.807, 2.05) is 0 Å². The fourth-order valence-corrected chi connectivity index (χ4v) is 1.64. The fourth-order valence-electron chi connectivity index (χ4n) is 1.64. The summed E-state index contributed by atoms with van der Waals surface area (Å²) < 4.78 is 12.9. The SMILES string of the molecule is CC(C)N(CCC#N)Cc1ccc(F)cc1N. The Morgan fingerprint density at radius 2 is 2.18 bits per heavy atom. The molecular formula is C13H18FN3. The predicted molar refractivity (Wildman–Crippen MR) is 66.6 cm³/mol. The number of halogens is 1. The minimum atomic E-state index is -0.320. The third-order valence-corrected chi connectivity index (χ3v) is 2.72. The summed E-state index contributed by atoms with van der Waals surface area (Å²) in [5.74, 6) is -0.320. The number of rotatable bonds is 5. The fraction of sp³-hybridized carbons (Fsp3) is 0.462. The maximum absolute atomic E-state index is 12.9. The quantitative estimate of drug-likeness (QED) is 0.798. The van der Waals surface area contributed by atoms with E-state index >= 15 is 0 Å². The van der Waals surface area contributed by atoms with Gasteiger partial charge >= 0.3 is 0 Å². The highest BCUT2D eigenvalue weighted by Crippen LogP contribution is 2.17. The first-order valence-electron chi connectivity index (χ1n) is 5.69. The number of nitriles is 1. The minimum absolute atomic E-state index is 0.320. The van der Waals surface area contributed by atoms with Crippen molar-refractivity contribution in [2.75, 3.05) is 12.3 Å². The highest BCUT2D eigenvalue weighted by atomic mass is 19.1. The van der Waals surface area contributed by atoms with E-state index in [9.17, 15) is 4.39 Å². The number of benzene rings is 1. The summed E-state index contributed by atoms with van der Waals surface area (Å²) in [4.78, 5) is 2.15. The van der Waals surface area contributed by atoms with E-state index in [0.29, 0.717) is 31.2 Å². The molecule has 0 aliphatic heterocycles. The van der Waals surface area contributed by atoms with E-state index in [2.05, 4.69) is 24.8 Å². The van der Waals surface area contributed by atoms with Crippen molar-refractivity contribution in [1.82, 2.24) is 4.90 Å². The van der Waals surface area contributed by atoms with Crippen LogP contribution in [-0.4, -0.2) is 17.5 Å². The van der Waals surface area contributed by atoms with Crippen molar-refractivity contribution in [1.29, 1.82) is 5.26 Å². The Kier molecular flexibility index (Phi) is 4.92. The van der Waals surface area contributed by atoms with Gasteiger partial charge in [0.05, 0.1) is 6.07 Å². The Balaban J connectivity index is 2.75. The third kappa shape index (κ3) is 4.04. The van der Waals surface area contributed by atoms with Crippen molar-refractivity contribution in [2.45, 2.75) is 32.9 Å². The molecule has 2 N–H and O–H groups in total. The van der Waals surface area contributed by atoms with Gasteiger partial charge in [-0.05, 0) is 31.5 Å². The second kappa shape index (κ2) is 6.21. The molecule has 0 saturated heterocycles. The van der Waals surface area contributed by atoms with Crippen LogP contribution in [0.2, 0.25) is 0 Å². The molecule has 1 aromatic carbocycles. The smallest absolute Gasteiger partial charge is 0.125 e. The van der Waals surface area contributed by atoms with E-state index in [0.717, 1.165) is 5.56 Å². The molecule has 1 aromatic rings. The molecule has 0 atom stereocenters. The van der Waals surface area contributed by atoms with E-state index in [4.69, 9.17) is 11.0 Å². The molecule has 0 spiro atoms. The van der Waals surface area contributed by atoms with Gasteiger partial charge in [-0.15, -0.1) is 0 Å². The van der Waals surface area contributed by atoms with E-state index in [1.54, 1.807) is 6.07 Å². The molecule has 0 aliphatic carbocycles. The molecule has 17 heavy (non-hydrogen) atoms. The van der Waals surface area contributed by atoms with Crippen LogP contribution in [-0.2, 0) is 6.54 Å². The van der Waals surface area contributed by atoms with E-state index in [1.165, 1.54) is 12.1 Å². The van der Waals surface area contributed by atoms with Crippen molar-refractivity contribution in [3.63, 3.8) is 0 Å². The van der Waals surface area contributed by atoms with E-state index in [-0.39, 0.29) is 5.82 Å². The highest BCUT2D eigenvalue weighted by molar-refractivity contribution is 5.46. The first-order chi connectivity index (χ1) is 8.04. The van der Waals surface area contributed by atoms with Gasteiger partial charge in [0.2, 0.25) is 0 Å². The maximum atomic E-state index is 12.9. The van der Waals surface area contributed by atoms with Crippen molar-refractivity contribution in [3.8, 4) is 6.07 Å². The Labute approximate surface area is 102 Å². The number of nitrogen functional groups attached to an aromatic ring is 1. The van der Waals surface area contributed by atoms with Crippen molar-refractivity contribution in [2.24, 2.45) is 0 Å². The molecular weight excluding hydrogens is 217 g/mol. The number of hydrogen-bond acceptors (Lipinski definition) is 3. The van der Waals surface area contributed by atoms with Crippen LogP contribution in [0.4, 0.5) is 10.1 Å². The normalized spacial score (nSPS) is 10.8. The average Bonchev–Trinajstić information content (AvgIpc) is 2.26. The molecule has 1 rings (SSSR count). The molecule has 92 valence electrons. The predicted octanol–water partition coefficient (Wildman–Crippen LogP) is 2.53. The van der Waals surface area contributed by atoms with Gasteiger partial charge in [0, 0.05) is 31.2 Å². The lowest BCUT2D eigenvalue weighted by Gasteiger charge is -2.26. The van der Waals surface area contributed by atoms with Gasteiger partial charge < -0.3 is 5.73 Å². The van der Waals surface area contributed by atoms with Crippen LogP contribution in [0, 0.1) is 17.1 Å². The van der Waals surface area contributed by atoms with E-state index < -0.39 is 0 Å². The molecule has 0 amide bonds. The summed E-state index contributed by atoms with van der Waals surface area (Å²) in [6, 6.07) is 6.90. The number of nitrogens with two attached hydrogens (primary N) is 1. The second-order valence-corrected chi connectivity index (χ2v) is 4.32. The molecule has 0 fully saturated rings. The summed E-state index contributed by atoms with van der Waals surface area (Å²) in [6.07, 6.45) is 0.485. The first kappa shape index (κ1) is 13.5. The zero-order valence-corrected chi connectivity index (χ0v) is 10.3. The lowest BCUT2D eigenvalue weighted by Crippen LogP contribution is -2.31. The molecule has 0 saturated carbocycles. The van der Waals surface area contributed by atoms with Crippen LogP contribution in [0.25, 0.3) is 0 Å².